The molecule has 1 heterocycles. The molecule has 0 spiro atoms. The van der Waals surface area contributed by atoms with Crippen molar-refractivity contribution >= 4 is 23.0 Å². The number of nitrogens with zero attached hydrogens (tertiary/aromatic N) is 1. The quantitative estimate of drug-likeness (QED) is 0.183. The number of benzene rings is 3. The van der Waals surface area contributed by atoms with Crippen LogP contribution < -0.4 is 4.74 Å². The number of para-hydroxylation sites is 1. The van der Waals surface area contributed by atoms with Crippen LogP contribution in [0.3, 0.4) is 0 Å². The van der Waals surface area contributed by atoms with Crippen molar-refractivity contribution in [1.82, 2.24) is 4.90 Å². The number of Topliss-reactive ketones (excluding diaryl/α,β-unsaturated/α-hetero) is 1. The van der Waals surface area contributed by atoms with Crippen LogP contribution in [0, 0.1) is 0 Å². The summed E-state index contributed by atoms with van der Waals surface area (Å²) in [4.78, 5) is 26.4. The van der Waals surface area contributed by atoms with Gasteiger partial charge in [-0.15, -0.1) is 0 Å². The number of ether oxygens (including phenoxy) is 1. The molecule has 196 valence electrons. The molecular formula is C32H33NO4S. The maximum absolute atomic E-state index is 13.9. The fraction of sp³-hybridized carbons (Fsp3) is 0.250. The van der Waals surface area contributed by atoms with Crippen LogP contribution in [0.25, 0.3) is 11.1 Å². The van der Waals surface area contributed by atoms with Gasteiger partial charge in [0.05, 0.1) is 9.35 Å². The van der Waals surface area contributed by atoms with E-state index < -0.39 is 19.0 Å². The van der Waals surface area contributed by atoms with Gasteiger partial charge < -0.3 is 14.7 Å². The molecular weight excluding hydrogens is 494 g/mol. The lowest BCUT2D eigenvalue weighted by molar-refractivity contribution is -0.121. The van der Waals surface area contributed by atoms with E-state index in [0.29, 0.717) is 41.9 Å². The number of unbranched alkanes of at least 4 members (excludes halogenated alkanes) is 2. The fourth-order valence-corrected chi connectivity index (χ4v) is 4.69. The molecule has 3 aromatic carbocycles. The summed E-state index contributed by atoms with van der Waals surface area (Å²) in [5.74, 6) is 0.00212. The Bertz CT molecular complexity index is 1380. The van der Waals surface area contributed by atoms with Crippen molar-refractivity contribution in [2.24, 2.45) is 0 Å². The van der Waals surface area contributed by atoms with Crippen LogP contribution in [0.2, 0.25) is 0 Å². The first-order valence-electron chi connectivity index (χ1n) is 13.7. The van der Waals surface area contributed by atoms with Crippen LogP contribution in [0.15, 0.2) is 95.7 Å². The summed E-state index contributed by atoms with van der Waals surface area (Å²) in [7, 11) is 0. The number of carbonyl (C=O) groups excluding carboxylic acids is 2. The number of hydrogen-bond acceptors (Lipinski definition) is 5. The van der Waals surface area contributed by atoms with E-state index in [4.69, 9.17) is 12.6 Å². The molecule has 1 N–H and O–H groups in total. The van der Waals surface area contributed by atoms with Crippen LogP contribution in [0.4, 0.5) is 0 Å². The summed E-state index contributed by atoms with van der Waals surface area (Å²) in [5, 5.41) is 12.9. The Labute approximate surface area is 231 Å². The van der Waals surface area contributed by atoms with Crippen LogP contribution >= 0.6 is 11.3 Å². The molecule has 0 fully saturated rings. The number of hydrogen-bond donors (Lipinski definition) is 1. The predicted octanol–water partition coefficient (Wildman–Crippen LogP) is 6.76. The van der Waals surface area contributed by atoms with Crippen molar-refractivity contribution in [3.63, 3.8) is 0 Å². The minimum absolute atomic E-state index is 0.00812. The zero-order chi connectivity index (χ0) is 28.4. The first-order valence-corrected chi connectivity index (χ1v) is 13.7. The number of amides is 1. The first-order chi connectivity index (χ1) is 19.4. The SMILES string of the molecule is [2H]C([2H])(c1ccccc1)N(Cc1ccccc1OCCCCCC(=O)CO)C(=O)c1ccc(-c2ccsc2)cc1. The minimum Gasteiger partial charge on any atom is -0.493 e. The first kappa shape index (κ1) is 24.6. The van der Waals surface area contributed by atoms with Crippen molar-refractivity contribution < 1.29 is 22.2 Å². The van der Waals surface area contributed by atoms with Gasteiger partial charge >= 0.3 is 0 Å². The van der Waals surface area contributed by atoms with Gasteiger partial charge in [-0.2, -0.15) is 11.3 Å². The van der Waals surface area contributed by atoms with E-state index in [1.807, 2.05) is 59.3 Å². The van der Waals surface area contributed by atoms with Crippen molar-refractivity contribution in [2.75, 3.05) is 13.2 Å². The molecule has 1 amide bonds. The highest BCUT2D eigenvalue weighted by molar-refractivity contribution is 7.08. The molecule has 0 unspecified atom stereocenters. The van der Waals surface area contributed by atoms with E-state index >= 15 is 0 Å². The second kappa shape index (κ2) is 14.3. The molecule has 0 aliphatic carbocycles. The van der Waals surface area contributed by atoms with Crippen LogP contribution in [0.5, 0.6) is 5.75 Å². The highest BCUT2D eigenvalue weighted by Crippen LogP contribution is 2.25. The van der Waals surface area contributed by atoms with E-state index in [0.717, 1.165) is 24.0 Å². The van der Waals surface area contributed by atoms with Crippen molar-refractivity contribution in [2.45, 2.75) is 38.7 Å². The molecule has 6 heteroatoms. The van der Waals surface area contributed by atoms with Crippen LogP contribution in [-0.2, 0) is 17.8 Å². The Morgan fingerprint density at radius 1 is 0.868 bits per heavy atom. The Morgan fingerprint density at radius 2 is 1.63 bits per heavy atom. The lowest BCUT2D eigenvalue weighted by Gasteiger charge is -2.24. The molecule has 0 aliphatic rings. The lowest BCUT2D eigenvalue weighted by Crippen LogP contribution is -2.30. The third-order valence-corrected chi connectivity index (χ3v) is 6.79. The Kier molecular flexibility index (Phi) is 9.23. The predicted molar refractivity (Wildman–Crippen MR) is 152 cm³/mol. The normalized spacial score (nSPS) is 11.9. The van der Waals surface area contributed by atoms with Gasteiger partial charge in [-0.05, 0) is 71.0 Å². The third kappa shape index (κ3) is 7.88. The topological polar surface area (TPSA) is 66.8 Å². The van der Waals surface area contributed by atoms with Gasteiger partial charge in [-0.25, -0.2) is 0 Å². The van der Waals surface area contributed by atoms with E-state index in [9.17, 15) is 9.59 Å². The summed E-state index contributed by atoms with van der Waals surface area (Å²) in [6, 6.07) is 25.3. The molecule has 0 bridgehead atoms. The second-order valence-electron chi connectivity index (χ2n) is 8.92. The highest BCUT2D eigenvalue weighted by atomic mass is 32.1. The summed E-state index contributed by atoms with van der Waals surface area (Å²) >= 11 is 1.61. The molecule has 38 heavy (non-hydrogen) atoms. The van der Waals surface area contributed by atoms with Gasteiger partial charge in [0.15, 0.2) is 5.78 Å². The van der Waals surface area contributed by atoms with Gasteiger partial charge in [0, 0.05) is 30.6 Å². The maximum atomic E-state index is 13.9. The number of aliphatic hydroxyl groups excluding tert-OH is 1. The summed E-state index contributed by atoms with van der Waals surface area (Å²) < 4.78 is 24.1. The molecule has 0 radical (unpaired) electrons. The van der Waals surface area contributed by atoms with Gasteiger partial charge in [0.1, 0.15) is 12.4 Å². The molecule has 5 nitrogen and oxygen atoms in total. The van der Waals surface area contributed by atoms with Crippen LogP contribution in [0.1, 0.15) is 49.9 Å². The molecule has 4 rings (SSSR count). The number of ketones is 1. The highest BCUT2D eigenvalue weighted by Gasteiger charge is 2.19. The van der Waals surface area contributed by atoms with E-state index in [1.54, 1.807) is 47.7 Å². The van der Waals surface area contributed by atoms with Crippen molar-refractivity contribution in [1.29, 1.82) is 0 Å². The standard InChI is InChI=1S/C32H33NO4S/c34-23-30(35)12-5-2-8-19-37-31-13-7-6-11-28(31)22-33(21-25-9-3-1-4-10-25)32(36)27-16-14-26(15-17-27)29-18-20-38-24-29/h1,3-4,6-7,9-11,13-18,20,24,34H,2,5,8,12,19,21-23H2/i21D2. The van der Waals surface area contributed by atoms with Crippen molar-refractivity contribution in [3.8, 4) is 16.9 Å². The zero-order valence-corrected chi connectivity index (χ0v) is 22.0. The summed E-state index contributed by atoms with van der Waals surface area (Å²) in [6.45, 7) is -2.08. The Hall–Kier alpha value is -3.74. The molecule has 4 aromatic rings. The zero-order valence-electron chi connectivity index (χ0n) is 23.2. The van der Waals surface area contributed by atoms with Gasteiger partial charge in [-0.1, -0.05) is 60.7 Å². The average Bonchev–Trinajstić information content (AvgIpc) is 3.53. The second-order valence-corrected chi connectivity index (χ2v) is 9.70. The van der Waals surface area contributed by atoms with Gasteiger partial charge in [0.2, 0.25) is 0 Å². The monoisotopic (exact) mass is 529 g/mol. The molecule has 0 saturated carbocycles. The fourth-order valence-electron chi connectivity index (χ4n) is 4.03. The summed E-state index contributed by atoms with van der Waals surface area (Å²) in [6.07, 6.45) is 2.57. The third-order valence-electron chi connectivity index (χ3n) is 6.10. The van der Waals surface area contributed by atoms with Crippen LogP contribution in [-0.4, -0.2) is 34.9 Å². The number of thiophene rings is 1. The number of carbonyl (C=O) groups is 2. The Balaban J connectivity index is 1.54. The summed E-state index contributed by atoms with van der Waals surface area (Å²) in [5.41, 5.74) is 3.55. The van der Waals surface area contributed by atoms with Crippen molar-refractivity contribution in [3.05, 3.63) is 112 Å². The largest absolute Gasteiger partial charge is 0.493 e. The smallest absolute Gasteiger partial charge is 0.254 e. The van der Waals surface area contributed by atoms with E-state index in [1.165, 1.54) is 4.90 Å². The minimum atomic E-state index is -2.09. The molecule has 1 aromatic heterocycles. The maximum Gasteiger partial charge on any atom is 0.254 e. The van der Waals surface area contributed by atoms with Gasteiger partial charge in [-0.3, -0.25) is 9.59 Å². The molecule has 0 saturated heterocycles. The van der Waals surface area contributed by atoms with E-state index in [2.05, 4.69) is 0 Å². The van der Waals surface area contributed by atoms with E-state index in [-0.39, 0.29) is 12.3 Å². The lowest BCUT2D eigenvalue weighted by atomic mass is 10.1. The average molecular weight is 530 g/mol. The number of aliphatic hydroxyl groups is 1. The molecule has 0 atom stereocenters. The number of rotatable bonds is 14. The molecule has 0 aliphatic heterocycles. The van der Waals surface area contributed by atoms with Gasteiger partial charge in [0.25, 0.3) is 5.91 Å². The Morgan fingerprint density at radius 3 is 2.37 bits per heavy atom.